The first kappa shape index (κ1) is 27.7. The summed E-state index contributed by atoms with van der Waals surface area (Å²) in [6.07, 6.45) is 0. The van der Waals surface area contributed by atoms with Crippen LogP contribution in [0.3, 0.4) is 0 Å². The van der Waals surface area contributed by atoms with Crippen LogP contribution in [0, 0.1) is 0 Å². The van der Waals surface area contributed by atoms with Crippen LogP contribution in [0.4, 0.5) is 5.69 Å². The van der Waals surface area contributed by atoms with Gasteiger partial charge >= 0.3 is 11.9 Å². The molecule has 1 atom stereocenters. The Morgan fingerprint density at radius 1 is 1.05 bits per heavy atom. The molecule has 0 saturated carbocycles. The van der Waals surface area contributed by atoms with Gasteiger partial charge in [0.2, 0.25) is 5.91 Å². The number of hydrogen-bond donors (Lipinski definition) is 0. The molecule has 0 spiro atoms. The van der Waals surface area contributed by atoms with Crippen LogP contribution in [-0.2, 0) is 23.9 Å². The molecule has 12 heteroatoms. The highest BCUT2D eigenvalue weighted by molar-refractivity contribution is 7.07. The quantitative estimate of drug-likeness (QED) is 0.333. The fourth-order valence-electron chi connectivity index (χ4n) is 5.00. The summed E-state index contributed by atoms with van der Waals surface area (Å²) in [4.78, 5) is 70.7. The van der Waals surface area contributed by atoms with Gasteiger partial charge in [0.05, 0.1) is 42.3 Å². The lowest BCUT2D eigenvalue weighted by Gasteiger charge is -2.25. The Bertz CT molecular complexity index is 1870. The Kier molecular flexibility index (Phi) is 7.18. The third-order valence-corrected chi connectivity index (χ3v) is 7.68. The zero-order valence-corrected chi connectivity index (χ0v) is 23.7. The minimum atomic E-state index is -1.00. The maximum Gasteiger partial charge on any atom is 0.338 e. The molecule has 2 amide bonds. The van der Waals surface area contributed by atoms with E-state index < -0.39 is 35.4 Å². The highest BCUT2D eigenvalue weighted by atomic mass is 32.1. The van der Waals surface area contributed by atoms with Gasteiger partial charge in [-0.05, 0) is 37.6 Å². The Balaban J connectivity index is 1.81. The molecule has 2 aromatic carbocycles. The van der Waals surface area contributed by atoms with Crippen molar-refractivity contribution in [2.45, 2.75) is 33.7 Å². The van der Waals surface area contributed by atoms with Gasteiger partial charge in [0.15, 0.2) is 16.3 Å². The standard InChI is InChI=1S/C29H25N3O8S/c1-6-39-28(37)22-14(2)30-29-32(24(22)17-11-12-20(40-16(4)34)21(13-17)38-5)27(36)25(41-29)23-18-9-7-8-10-19(18)31(15(3)33)26(23)35/h7-13,24H,6H2,1-5H3/t24-/m0/s1. The first-order valence-corrected chi connectivity index (χ1v) is 13.4. The van der Waals surface area contributed by atoms with E-state index in [-0.39, 0.29) is 38.6 Å². The highest BCUT2D eigenvalue weighted by Gasteiger charge is 2.39. The van der Waals surface area contributed by atoms with Gasteiger partial charge in [-0.2, -0.15) is 0 Å². The van der Waals surface area contributed by atoms with Crippen molar-refractivity contribution in [2.24, 2.45) is 4.99 Å². The summed E-state index contributed by atoms with van der Waals surface area (Å²) in [6.45, 7) is 5.93. The lowest BCUT2D eigenvalue weighted by Crippen LogP contribution is -2.41. The summed E-state index contributed by atoms with van der Waals surface area (Å²) in [5.41, 5.74) is 1.26. The number of aromatic nitrogens is 1. The van der Waals surface area contributed by atoms with Crippen molar-refractivity contribution in [2.75, 3.05) is 18.6 Å². The molecule has 0 N–H and O–H groups in total. The molecular formula is C29H25N3O8S. The van der Waals surface area contributed by atoms with Crippen LogP contribution in [0.1, 0.15) is 44.9 Å². The van der Waals surface area contributed by atoms with Crippen LogP contribution in [0.15, 0.2) is 63.5 Å². The SMILES string of the molecule is CCOC(=O)C1=C(C)N=c2sc(=C3C(=O)N(C(C)=O)c4ccccc43)c(=O)n2[C@H]1c1ccc(OC(C)=O)c(OC)c1. The Morgan fingerprint density at radius 2 is 1.78 bits per heavy atom. The molecule has 3 aromatic rings. The minimum absolute atomic E-state index is 0.0800. The van der Waals surface area contributed by atoms with E-state index in [1.807, 2.05) is 0 Å². The van der Waals surface area contributed by atoms with Gasteiger partial charge in [0, 0.05) is 19.4 Å². The van der Waals surface area contributed by atoms with Crippen molar-refractivity contribution in [3.8, 4) is 11.5 Å². The number of thiazole rings is 1. The molecule has 2 aliphatic rings. The van der Waals surface area contributed by atoms with Crippen LogP contribution < -0.4 is 29.3 Å². The summed E-state index contributed by atoms with van der Waals surface area (Å²) < 4.78 is 17.4. The third kappa shape index (κ3) is 4.55. The number of hydrogen-bond acceptors (Lipinski definition) is 10. The van der Waals surface area contributed by atoms with E-state index in [4.69, 9.17) is 14.2 Å². The number of fused-ring (bicyclic) bond motifs is 2. The average Bonchev–Trinajstić information content (AvgIpc) is 3.40. The molecule has 3 heterocycles. The molecule has 5 rings (SSSR count). The summed E-state index contributed by atoms with van der Waals surface area (Å²) in [5.74, 6) is -1.94. The van der Waals surface area contributed by atoms with Gasteiger partial charge < -0.3 is 14.2 Å². The number of methoxy groups -OCH3 is 1. The second-order valence-electron chi connectivity index (χ2n) is 9.18. The van der Waals surface area contributed by atoms with Gasteiger partial charge in [0.1, 0.15) is 4.53 Å². The summed E-state index contributed by atoms with van der Waals surface area (Å²) >= 11 is 0.992. The summed E-state index contributed by atoms with van der Waals surface area (Å²) in [5, 5.41) is 0. The molecule has 0 unspecified atom stereocenters. The number of anilines is 1. The van der Waals surface area contributed by atoms with Crippen LogP contribution in [0.5, 0.6) is 11.5 Å². The van der Waals surface area contributed by atoms with Crippen LogP contribution in [0.25, 0.3) is 5.57 Å². The molecule has 0 fully saturated rings. The van der Waals surface area contributed by atoms with E-state index in [1.165, 1.54) is 31.6 Å². The van der Waals surface area contributed by atoms with Crippen molar-refractivity contribution < 1.29 is 33.4 Å². The second-order valence-corrected chi connectivity index (χ2v) is 10.2. The van der Waals surface area contributed by atoms with E-state index in [2.05, 4.69) is 4.99 Å². The Morgan fingerprint density at radius 3 is 2.44 bits per heavy atom. The summed E-state index contributed by atoms with van der Waals surface area (Å²) in [7, 11) is 1.40. The van der Waals surface area contributed by atoms with Gasteiger partial charge in [-0.3, -0.25) is 23.7 Å². The van der Waals surface area contributed by atoms with Crippen molar-refractivity contribution in [3.63, 3.8) is 0 Å². The Labute approximate surface area is 237 Å². The largest absolute Gasteiger partial charge is 0.493 e. The van der Waals surface area contributed by atoms with Crippen molar-refractivity contribution in [1.82, 2.24) is 4.57 Å². The van der Waals surface area contributed by atoms with Crippen LogP contribution in [0.2, 0.25) is 0 Å². The molecule has 1 aromatic heterocycles. The number of para-hydroxylation sites is 1. The number of nitrogens with zero attached hydrogens (tertiary/aromatic N) is 3. The predicted molar refractivity (Wildman–Crippen MR) is 148 cm³/mol. The maximum absolute atomic E-state index is 14.2. The number of esters is 2. The minimum Gasteiger partial charge on any atom is -0.493 e. The fourth-order valence-corrected chi connectivity index (χ4v) is 6.14. The number of carbonyl (C=O) groups excluding carboxylic acids is 4. The topological polar surface area (TPSA) is 134 Å². The van der Waals surface area contributed by atoms with Gasteiger partial charge in [-0.25, -0.2) is 14.7 Å². The number of imide groups is 1. The van der Waals surface area contributed by atoms with E-state index >= 15 is 0 Å². The van der Waals surface area contributed by atoms with E-state index in [0.29, 0.717) is 22.5 Å². The molecular weight excluding hydrogens is 550 g/mol. The predicted octanol–water partition coefficient (Wildman–Crippen LogP) is 2.00. The maximum atomic E-state index is 14.2. The zero-order valence-electron chi connectivity index (χ0n) is 22.8. The van der Waals surface area contributed by atoms with Gasteiger partial charge in [0.25, 0.3) is 11.5 Å². The number of rotatable bonds is 5. The van der Waals surface area contributed by atoms with E-state index in [0.717, 1.165) is 16.2 Å². The molecule has 41 heavy (non-hydrogen) atoms. The van der Waals surface area contributed by atoms with Crippen molar-refractivity contribution in [1.29, 1.82) is 0 Å². The normalized spacial score (nSPS) is 17.0. The molecule has 0 aliphatic carbocycles. The second kappa shape index (κ2) is 10.6. The lowest BCUT2D eigenvalue weighted by atomic mass is 9.95. The number of benzene rings is 2. The highest BCUT2D eigenvalue weighted by Crippen LogP contribution is 2.37. The summed E-state index contributed by atoms with van der Waals surface area (Å²) in [6, 6.07) is 10.4. The number of amides is 2. The monoisotopic (exact) mass is 575 g/mol. The Hall–Kier alpha value is -4.84. The van der Waals surface area contributed by atoms with Crippen molar-refractivity contribution in [3.05, 3.63) is 84.5 Å². The fraction of sp³-hybridized carbons (Fsp3) is 0.241. The molecule has 2 aliphatic heterocycles. The first-order valence-electron chi connectivity index (χ1n) is 12.6. The third-order valence-electron chi connectivity index (χ3n) is 6.62. The number of ether oxygens (including phenoxy) is 3. The van der Waals surface area contributed by atoms with Gasteiger partial charge in [-0.1, -0.05) is 35.6 Å². The van der Waals surface area contributed by atoms with E-state index in [9.17, 15) is 24.0 Å². The van der Waals surface area contributed by atoms with Crippen LogP contribution in [-0.4, -0.2) is 42.0 Å². The van der Waals surface area contributed by atoms with E-state index in [1.54, 1.807) is 50.2 Å². The molecule has 11 nitrogen and oxygen atoms in total. The first-order chi connectivity index (χ1) is 19.6. The molecule has 210 valence electrons. The lowest BCUT2D eigenvalue weighted by molar-refractivity contribution is -0.139. The molecule has 0 saturated heterocycles. The number of carbonyl (C=O) groups is 4. The molecule has 0 bridgehead atoms. The zero-order chi connectivity index (χ0) is 29.6. The number of allylic oxidation sites excluding steroid dienone is 1. The van der Waals surface area contributed by atoms with Crippen LogP contribution >= 0.6 is 11.3 Å². The average molecular weight is 576 g/mol. The smallest absolute Gasteiger partial charge is 0.338 e. The molecule has 0 radical (unpaired) electrons. The van der Waals surface area contributed by atoms with Gasteiger partial charge in [-0.15, -0.1) is 0 Å². The van der Waals surface area contributed by atoms with Crippen molar-refractivity contribution >= 4 is 46.4 Å².